The predicted molar refractivity (Wildman–Crippen MR) is 78.3 cm³/mol. The van der Waals surface area contributed by atoms with Gasteiger partial charge in [-0.25, -0.2) is 8.78 Å². The minimum atomic E-state index is -0.861. The van der Waals surface area contributed by atoms with Crippen molar-refractivity contribution >= 4 is 23.2 Å². The second kappa shape index (κ2) is 6.53. The Morgan fingerprint density at radius 1 is 1.10 bits per heavy atom. The van der Waals surface area contributed by atoms with Crippen molar-refractivity contribution in [2.75, 3.05) is 7.05 Å². The normalized spacial score (nSPS) is 12.4. The van der Waals surface area contributed by atoms with E-state index in [-0.39, 0.29) is 11.6 Å². The Hall–Kier alpha value is -1.16. The lowest BCUT2D eigenvalue weighted by Crippen LogP contribution is -2.20. The van der Waals surface area contributed by atoms with Crippen molar-refractivity contribution in [2.24, 2.45) is 0 Å². The summed E-state index contributed by atoms with van der Waals surface area (Å²) in [4.78, 5) is 0. The number of halogens is 4. The third-order valence-electron chi connectivity index (χ3n) is 3.16. The number of hydrogen-bond acceptors (Lipinski definition) is 1. The average molecular weight is 316 g/mol. The summed E-state index contributed by atoms with van der Waals surface area (Å²) in [6, 6.07) is 9.02. The van der Waals surface area contributed by atoms with Gasteiger partial charge in [0.05, 0.1) is 10.0 Å². The van der Waals surface area contributed by atoms with E-state index in [2.05, 4.69) is 5.32 Å². The van der Waals surface area contributed by atoms with Crippen molar-refractivity contribution < 1.29 is 8.78 Å². The fraction of sp³-hybridized carbons (Fsp3) is 0.200. The number of benzene rings is 2. The summed E-state index contributed by atoms with van der Waals surface area (Å²) >= 11 is 12.1. The molecule has 2 aromatic rings. The van der Waals surface area contributed by atoms with E-state index in [9.17, 15) is 8.78 Å². The minimum Gasteiger partial charge on any atom is -0.313 e. The maximum Gasteiger partial charge on any atom is 0.163 e. The number of nitrogens with one attached hydrogen (secondary N) is 1. The van der Waals surface area contributed by atoms with Gasteiger partial charge in [0.2, 0.25) is 0 Å². The van der Waals surface area contributed by atoms with Gasteiger partial charge >= 0.3 is 0 Å². The van der Waals surface area contributed by atoms with Crippen LogP contribution in [0.1, 0.15) is 17.2 Å². The molecule has 0 fully saturated rings. The number of hydrogen-bond donors (Lipinski definition) is 1. The Morgan fingerprint density at radius 3 is 2.50 bits per heavy atom. The molecule has 1 atom stereocenters. The maximum absolute atomic E-state index is 13.8. The topological polar surface area (TPSA) is 12.0 Å². The van der Waals surface area contributed by atoms with Crippen LogP contribution >= 0.6 is 23.2 Å². The average Bonchev–Trinajstić information content (AvgIpc) is 2.44. The fourth-order valence-corrected chi connectivity index (χ4v) is 2.48. The van der Waals surface area contributed by atoms with Crippen LogP contribution in [0, 0.1) is 11.6 Å². The molecule has 0 amide bonds. The van der Waals surface area contributed by atoms with Gasteiger partial charge in [-0.05, 0) is 31.2 Å². The molecule has 0 aliphatic heterocycles. The molecule has 1 nitrogen and oxygen atoms in total. The van der Waals surface area contributed by atoms with Crippen LogP contribution in [-0.2, 0) is 6.42 Å². The van der Waals surface area contributed by atoms with Crippen molar-refractivity contribution in [3.63, 3.8) is 0 Å². The highest BCUT2D eigenvalue weighted by Gasteiger charge is 2.18. The third-order valence-corrected chi connectivity index (χ3v) is 4.02. The summed E-state index contributed by atoms with van der Waals surface area (Å²) in [5.41, 5.74) is 1.05. The molecule has 0 aliphatic rings. The van der Waals surface area contributed by atoms with Gasteiger partial charge in [-0.2, -0.15) is 0 Å². The Morgan fingerprint density at radius 2 is 1.80 bits per heavy atom. The molecule has 0 radical (unpaired) electrons. The Kier molecular flexibility index (Phi) is 4.97. The molecule has 2 rings (SSSR count). The standard InChI is InChI=1S/C15H13Cl2F2N/c1-20-13(10-5-3-7-12(18)15(10)19)8-9-4-2-6-11(16)14(9)17/h2-7,13,20H,8H2,1H3. The molecule has 0 heterocycles. The SMILES string of the molecule is CNC(Cc1cccc(Cl)c1Cl)c1cccc(F)c1F. The van der Waals surface area contributed by atoms with Crippen LogP contribution in [0.15, 0.2) is 36.4 Å². The summed E-state index contributed by atoms with van der Waals surface area (Å²) < 4.78 is 27.2. The molecule has 0 aromatic heterocycles. The highest BCUT2D eigenvalue weighted by Crippen LogP contribution is 2.30. The molecule has 106 valence electrons. The van der Waals surface area contributed by atoms with E-state index in [4.69, 9.17) is 23.2 Å². The van der Waals surface area contributed by atoms with Gasteiger partial charge in [0.15, 0.2) is 11.6 Å². The molecule has 1 unspecified atom stereocenters. The summed E-state index contributed by atoms with van der Waals surface area (Å²) in [6.07, 6.45) is 0.413. The van der Waals surface area contributed by atoms with E-state index < -0.39 is 11.6 Å². The van der Waals surface area contributed by atoms with Crippen LogP contribution in [-0.4, -0.2) is 7.05 Å². The first-order valence-corrected chi connectivity index (χ1v) is 6.84. The van der Waals surface area contributed by atoms with E-state index in [1.807, 2.05) is 6.07 Å². The highest BCUT2D eigenvalue weighted by molar-refractivity contribution is 6.42. The van der Waals surface area contributed by atoms with Gasteiger partial charge in [-0.15, -0.1) is 0 Å². The largest absolute Gasteiger partial charge is 0.313 e. The maximum atomic E-state index is 13.8. The monoisotopic (exact) mass is 315 g/mol. The van der Waals surface area contributed by atoms with Crippen molar-refractivity contribution in [3.05, 3.63) is 69.2 Å². The van der Waals surface area contributed by atoms with Gasteiger partial charge in [-0.3, -0.25) is 0 Å². The first-order chi connectivity index (χ1) is 9.54. The summed E-state index contributed by atoms with van der Waals surface area (Å²) in [5, 5.41) is 3.85. The molecular formula is C15H13Cl2F2N. The molecule has 0 saturated heterocycles. The van der Waals surface area contributed by atoms with Crippen LogP contribution in [0.4, 0.5) is 8.78 Å². The van der Waals surface area contributed by atoms with Gasteiger partial charge in [-0.1, -0.05) is 47.5 Å². The Bertz CT molecular complexity index is 617. The fourth-order valence-electron chi connectivity index (χ4n) is 2.08. The zero-order chi connectivity index (χ0) is 14.7. The van der Waals surface area contributed by atoms with Crippen LogP contribution in [0.5, 0.6) is 0 Å². The van der Waals surface area contributed by atoms with E-state index in [0.29, 0.717) is 16.5 Å². The van der Waals surface area contributed by atoms with Crippen molar-refractivity contribution in [2.45, 2.75) is 12.5 Å². The number of likely N-dealkylation sites (N-methyl/N-ethyl adjacent to an activating group) is 1. The third kappa shape index (κ3) is 3.11. The molecule has 2 aromatic carbocycles. The molecule has 0 aliphatic carbocycles. The molecular weight excluding hydrogens is 303 g/mol. The minimum absolute atomic E-state index is 0.267. The lowest BCUT2D eigenvalue weighted by molar-refractivity contribution is 0.473. The van der Waals surface area contributed by atoms with Gasteiger partial charge in [0.25, 0.3) is 0 Å². The van der Waals surface area contributed by atoms with E-state index >= 15 is 0 Å². The second-order valence-corrected chi connectivity index (χ2v) is 5.19. The first-order valence-electron chi connectivity index (χ1n) is 6.08. The van der Waals surface area contributed by atoms with Crippen molar-refractivity contribution in [3.8, 4) is 0 Å². The van der Waals surface area contributed by atoms with E-state index in [0.717, 1.165) is 11.6 Å². The predicted octanol–water partition coefficient (Wildman–Crippen LogP) is 4.77. The quantitative estimate of drug-likeness (QED) is 0.856. The van der Waals surface area contributed by atoms with Crippen molar-refractivity contribution in [1.29, 1.82) is 0 Å². The van der Waals surface area contributed by atoms with Crippen LogP contribution < -0.4 is 5.32 Å². The molecule has 1 N–H and O–H groups in total. The lowest BCUT2D eigenvalue weighted by Gasteiger charge is -2.18. The van der Waals surface area contributed by atoms with E-state index in [1.165, 1.54) is 6.07 Å². The Labute approximate surface area is 126 Å². The van der Waals surface area contributed by atoms with Gasteiger partial charge in [0.1, 0.15) is 0 Å². The molecule has 0 spiro atoms. The lowest BCUT2D eigenvalue weighted by atomic mass is 9.98. The highest BCUT2D eigenvalue weighted by atomic mass is 35.5. The summed E-state index contributed by atoms with van der Waals surface area (Å²) in [7, 11) is 1.69. The van der Waals surface area contributed by atoms with E-state index in [1.54, 1.807) is 25.2 Å². The van der Waals surface area contributed by atoms with Crippen LogP contribution in [0.3, 0.4) is 0 Å². The van der Waals surface area contributed by atoms with Gasteiger partial charge in [0, 0.05) is 11.6 Å². The molecule has 20 heavy (non-hydrogen) atoms. The smallest absolute Gasteiger partial charge is 0.163 e. The summed E-state index contributed by atoms with van der Waals surface area (Å²) in [5.74, 6) is -1.70. The second-order valence-electron chi connectivity index (χ2n) is 4.40. The Balaban J connectivity index is 2.34. The zero-order valence-corrected chi connectivity index (χ0v) is 12.3. The van der Waals surface area contributed by atoms with Crippen molar-refractivity contribution in [1.82, 2.24) is 5.32 Å². The van der Waals surface area contributed by atoms with Gasteiger partial charge < -0.3 is 5.32 Å². The zero-order valence-electron chi connectivity index (χ0n) is 10.8. The molecule has 0 saturated carbocycles. The molecule has 0 bridgehead atoms. The first kappa shape index (κ1) is 15.2. The molecule has 5 heteroatoms. The van der Waals surface area contributed by atoms with Crippen LogP contribution in [0.2, 0.25) is 10.0 Å². The van der Waals surface area contributed by atoms with Crippen LogP contribution in [0.25, 0.3) is 0 Å². The number of rotatable bonds is 4. The summed E-state index contributed by atoms with van der Waals surface area (Å²) in [6.45, 7) is 0.